The van der Waals surface area contributed by atoms with Crippen molar-refractivity contribution >= 4 is 13.7 Å². The number of quaternary nitrogens is 1. The molecular weight excluding hydrogens is 876 g/mol. The van der Waals surface area contributed by atoms with Crippen molar-refractivity contribution in [2.75, 3.05) is 40.9 Å². The zero-order chi connectivity index (χ0) is 50.6. The highest BCUT2D eigenvalue weighted by Gasteiger charge is 2.23. The van der Waals surface area contributed by atoms with Crippen LogP contribution in [0.2, 0.25) is 0 Å². The molecule has 408 valence electrons. The Morgan fingerprint density at radius 1 is 0.507 bits per heavy atom. The fourth-order valence-corrected chi connectivity index (χ4v) is 9.61. The first-order valence-electron chi connectivity index (χ1n) is 29.9. The minimum Gasteiger partial charge on any atom is -0.756 e. The highest BCUT2D eigenvalue weighted by molar-refractivity contribution is 7.45. The third-order valence-corrected chi connectivity index (χ3v) is 14.6. The van der Waals surface area contributed by atoms with Crippen LogP contribution in [0.5, 0.6) is 0 Å². The van der Waals surface area contributed by atoms with Crippen molar-refractivity contribution in [2.24, 2.45) is 0 Å². The molecule has 0 aromatic heterocycles. The average molecular weight is 994 g/mol. The van der Waals surface area contributed by atoms with E-state index >= 15 is 0 Å². The molecule has 0 aliphatic rings. The lowest BCUT2D eigenvalue weighted by Crippen LogP contribution is -2.45. The van der Waals surface area contributed by atoms with Crippen LogP contribution in [0.15, 0.2) is 36.5 Å². The molecule has 69 heavy (non-hydrogen) atoms. The lowest BCUT2D eigenvalue weighted by Gasteiger charge is -2.29. The van der Waals surface area contributed by atoms with E-state index in [-0.39, 0.29) is 19.1 Å². The number of likely N-dealkylation sites (N-methyl/N-ethyl adjacent to an activating group) is 1. The van der Waals surface area contributed by atoms with E-state index in [1.54, 1.807) is 6.08 Å². The number of hydrogen-bond acceptors (Lipinski definition) is 6. The van der Waals surface area contributed by atoms with Crippen molar-refractivity contribution in [1.82, 2.24) is 5.32 Å². The Bertz CT molecular complexity index is 1220. The average Bonchev–Trinajstić information content (AvgIpc) is 3.31. The first-order chi connectivity index (χ1) is 33.5. The largest absolute Gasteiger partial charge is 0.756 e. The predicted octanol–water partition coefficient (Wildman–Crippen LogP) is 17.5. The zero-order valence-corrected chi connectivity index (χ0v) is 47.4. The highest BCUT2D eigenvalue weighted by Crippen LogP contribution is 2.38. The first-order valence-corrected chi connectivity index (χ1v) is 31.3. The van der Waals surface area contributed by atoms with Crippen LogP contribution in [-0.4, -0.2) is 68.5 Å². The lowest BCUT2D eigenvalue weighted by atomic mass is 10.0. The molecule has 0 aliphatic carbocycles. The van der Waals surface area contributed by atoms with E-state index < -0.39 is 20.0 Å². The second-order valence-corrected chi connectivity index (χ2v) is 23.1. The minimum absolute atomic E-state index is 0.000274. The predicted molar refractivity (Wildman–Crippen MR) is 298 cm³/mol. The molecule has 9 heteroatoms. The Morgan fingerprint density at radius 3 is 1.20 bits per heavy atom. The van der Waals surface area contributed by atoms with Gasteiger partial charge in [-0.1, -0.05) is 269 Å². The van der Waals surface area contributed by atoms with Crippen molar-refractivity contribution in [3.63, 3.8) is 0 Å². The number of allylic oxidation sites excluding steroid dienone is 5. The molecule has 0 saturated heterocycles. The number of phosphoric ester groups is 1. The summed E-state index contributed by atoms with van der Waals surface area (Å²) in [5, 5.41) is 13.9. The van der Waals surface area contributed by atoms with Crippen molar-refractivity contribution in [1.29, 1.82) is 0 Å². The van der Waals surface area contributed by atoms with Gasteiger partial charge < -0.3 is 28.8 Å². The van der Waals surface area contributed by atoms with Gasteiger partial charge in [-0.25, -0.2) is 0 Å². The van der Waals surface area contributed by atoms with Crippen LogP contribution in [0.25, 0.3) is 0 Å². The van der Waals surface area contributed by atoms with E-state index in [1.807, 2.05) is 27.2 Å². The van der Waals surface area contributed by atoms with Crippen molar-refractivity contribution in [3.8, 4) is 0 Å². The van der Waals surface area contributed by atoms with Gasteiger partial charge in [0.15, 0.2) is 0 Å². The number of aliphatic hydroxyl groups excluding tert-OH is 1. The minimum atomic E-state index is -4.59. The van der Waals surface area contributed by atoms with E-state index in [1.165, 1.54) is 225 Å². The maximum absolute atomic E-state index is 13.0. The molecular formula is C60H117N2O6P. The summed E-state index contributed by atoms with van der Waals surface area (Å²) in [5.41, 5.74) is 0. The van der Waals surface area contributed by atoms with Crippen LogP contribution in [0, 0.1) is 0 Å². The summed E-state index contributed by atoms with van der Waals surface area (Å²) in [7, 11) is 1.27. The number of nitrogens with one attached hydrogen (secondary N) is 1. The Morgan fingerprint density at radius 2 is 0.841 bits per heavy atom. The molecule has 0 aliphatic heterocycles. The highest BCUT2D eigenvalue weighted by atomic mass is 31.2. The van der Waals surface area contributed by atoms with Crippen LogP contribution < -0.4 is 10.2 Å². The quantitative estimate of drug-likeness (QED) is 0.0272. The standard InChI is InChI=1S/C60H117N2O6P/c1-6-8-10-12-14-16-18-20-22-23-24-25-26-27-28-29-30-31-32-33-34-35-36-37-38-39-40-42-44-46-48-50-52-54-60(64)61-58(57-68-69(65,66)67-56-55-62(3,4)5)59(63)53-51-49-47-45-43-41-21-19-17-15-13-11-9-7-2/h24-25,27-28,51,53,58-59,63H,6-23,26,29-50,52,54-57H2,1-5H3,(H-,61,64,65,66)/b25-24-,28-27-,53-51+. The zero-order valence-electron chi connectivity index (χ0n) is 46.5. The lowest BCUT2D eigenvalue weighted by molar-refractivity contribution is -0.870. The van der Waals surface area contributed by atoms with E-state index in [0.29, 0.717) is 17.4 Å². The molecule has 0 rings (SSSR count). The molecule has 2 N–H and O–H groups in total. The number of rotatable bonds is 55. The van der Waals surface area contributed by atoms with Gasteiger partial charge in [0.05, 0.1) is 39.9 Å². The number of carbonyl (C=O) groups is 1. The van der Waals surface area contributed by atoms with Gasteiger partial charge in [-0.2, -0.15) is 0 Å². The van der Waals surface area contributed by atoms with E-state index in [2.05, 4.69) is 43.5 Å². The number of hydrogen-bond donors (Lipinski definition) is 2. The second-order valence-electron chi connectivity index (χ2n) is 21.7. The van der Waals surface area contributed by atoms with Gasteiger partial charge in [0, 0.05) is 6.42 Å². The SMILES string of the molecule is CCCCCCCCCCC/C=C\C/C=C\CCCCCCCCCCCCCCCCCCCC(=O)NC(COP(=O)([O-])OCC[N+](C)(C)C)C(O)/C=C/CCCCCCCCCCCCCC. The summed E-state index contributed by atoms with van der Waals surface area (Å²) < 4.78 is 23.3. The van der Waals surface area contributed by atoms with Gasteiger partial charge >= 0.3 is 0 Å². The molecule has 0 heterocycles. The third kappa shape index (κ3) is 54.3. The van der Waals surface area contributed by atoms with Crippen LogP contribution in [-0.2, 0) is 18.4 Å². The fourth-order valence-electron chi connectivity index (χ4n) is 8.89. The summed E-state index contributed by atoms with van der Waals surface area (Å²) in [6.07, 6.45) is 66.6. The summed E-state index contributed by atoms with van der Waals surface area (Å²) in [6.45, 7) is 4.67. The van der Waals surface area contributed by atoms with Gasteiger partial charge in [-0.15, -0.1) is 0 Å². The number of unbranched alkanes of at least 4 members (excludes halogenated alkanes) is 38. The molecule has 3 atom stereocenters. The van der Waals surface area contributed by atoms with E-state index in [0.717, 1.165) is 44.9 Å². The number of nitrogens with zero attached hydrogens (tertiary/aromatic N) is 1. The molecule has 0 saturated carbocycles. The fraction of sp³-hybridized carbons (Fsp3) is 0.883. The maximum Gasteiger partial charge on any atom is 0.268 e. The van der Waals surface area contributed by atoms with Gasteiger partial charge in [0.2, 0.25) is 5.91 Å². The van der Waals surface area contributed by atoms with E-state index in [9.17, 15) is 19.4 Å². The number of phosphoric acid groups is 1. The molecule has 0 aromatic carbocycles. The van der Waals surface area contributed by atoms with E-state index in [4.69, 9.17) is 9.05 Å². The van der Waals surface area contributed by atoms with Gasteiger partial charge in [0.1, 0.15) is 13.2 Å². The first kappa shape index (κ1) is 67.7. The molecule has 1 amide bonds. The third-order valence-electron chi connectivity index (χ3n) is 13.6. The van der Waals surface area contributed by atoms with Gasteiger partial charge in [-0.05, 0) is 51.4 Å². The summed E-state index contributed by atoms with van der Waals surface area (Å²) in [6, 6.07) is -0.885. The normalized spacial score (nSPS) is 14.1. The van der Waals surface area contributed by atoms with Gasteiger partial charge in [0.25, 0.3) is 7.82 Å². The van der Waals surface area contributed by atoms with Gasteiger partial charge in [-0.3, -0.25) is 9.36 Å². The number of aliphatic hydroxyl groups is 1. The molecule has 8 nitrogen and oxygen atoms in total. The van der Waals surface area contributed by atoms with Crippen LogP contribution in [0.3, 0.4) is 0 Å². The topological polar surface area (TPSA) is 108 Å². The number of amides is 1. The molecule has 0 bridgehead atoms. The van der Waals surface area contributed by atoms with Crippen molar-refractivity contribution in [3.05, 3.63) is 36.5 Å². The van der Waals surface area contributed by atoms with Crippen LogP contribution >= 0.6 is 7.82 Å². The summed E-state index contributed by atoms with van der Waals surface area (Å²) >= 11 is 0. The Balaban J connectivity index is 4.02. The molecule has 3 unspecified atom stereocenters. The van der Waals surface area contributed by atoms with Crippen molar-refractivity contribution in [2.45, 2.75) is 302 Å². The van der Waals surface area contributed by atoms with Crippen LogP contribution in [0.1, 0.15) is 290 Å². The molecule has 0 aromatic rings. The smallest absolute Gasteiger partial charge is 0.268 e. The second kappa shape index (κ2) is 51.6. The molecule has 0 spiro atoms. The summed E-state index contributed by atoms with van der Waals surface area (Å²) in [5.74, 6) is -0.194. The Hall–Kier alpha value is -1.28. The maximum atomic E-state index is 13.0. The van der Waals surface area contributed by atoms with Crippen molar-refractivity contribution < 1.29 is 32.9 Å². The Kier molecular flexibility index (Phi) is 50.7. The Labute approximate surface area is 429 Å². The molecule has 0 radical (unpaired) electrons. The molecule has 0 fully saturated rings. The monoisotopic (exact) mass is 993 g/mol. The number of carbonyl (C=O) groups excluding carboxylic acids is 1. The van der Waals surface area contributed by atoms with Crippen LogP contribution in [0.4, 0.5) is 0 Å². The summed E-state index contributed by atoms with van der Waals surface area (Å²) in [4.78, 5) is 25.5.